The number of carboxylic acid groups (broad SMARTS) is 2. The third kappa shape index (κ3) is 2.54. The molecule has 0 radical (unpaired) electrons. The van der Waals surface area contributed by atoms with Crippen molar-refractivity contribution in [2.45, 2.75) is 43.8 Å². The number of benzene rings is 1. The maximum atomic E-state index is 11.0. The van der Waals surface area contributed by atoms with Crippen molar-refractivity contribution in [2.24, 2.45) is 0 Å². The fourth-order valence-electron chi connectivity index (χ4n) is 3.36. The minimum Gasteiger partial charge on any atom is -0.481 e. The van der Waals surface area contributed by atoms with Crippen molar-refractivity contribution in [2.75, 3.05) is 0 Å². The fourth-order valence-corrected chi connectivity index (χ4v) is 3.36. The van der Waals surface area contributed by atoms with Gasteiger partial charge in [-0.05, 0) is 42.5 Å². The molecule has 0 aromatic heterocycles. The molecule has 4 rings (SSSR count). The molecule has 23 heavy (non-hydrogen) atoms. The minimum absolute atomic E-state index is 0.0119. The van der Waals surface area contributed by atoms with Crippen molar-refractivity contribution >= 4 is 11.9 Å². The molecule has 2 aliphatic heterocycles. The second-order valence-corrected chi connectivity index (χ2v) is 6.09. The Labute approximate surface area is 133 Å². The van der Waals surface area contributed by atoms with E-state index in [1.807, 2.05) is 37.3 Å². The smallest absolute Gasteiger partial charge is 0.303 e. The first kappa shape index (κ1) is 15.7. The van der Waals surface area contributed by atoms with Gasteiger partial charge in [0, 0.05) is 12.8 Å². The van der Waals surface area contributed by atoms with Gasteiger partial charge in [-0.25, -0.2) is 9.78 Å². The van der Waals surface area contributed by atoms with Gasteiger partial charge in [0.1, 0.15) is 11.2 Å². The largest absolute Gasteiger partial charge is 0.481 e. The molecule has 2 N–H and O–H groups in total. The number of rotatable bonds is 6. The van der Waals surface area contributed by atoms with Gasteiger partial charge in [-0.1, -0.05) is 24.3 Å². The Morgan fingerprint density at radius 3 is 2.35 bits per heavy atom. The van der Waals surface area contributed by atoms with E-state index in [1.54, 1.807) is 0 Å². The van der Waals surface area contributed by atoms with E-state index in [0.717, 1.165) is 16.7 Å². The van der Waals surface area contributed by atoms with Gasteiger partial charge >= 0.3 is 11.9 Å². The van der Waals surface area contributed by atoms with Crippen LogP contribution in [0.25, 0.3) is 0 Å². The zero-order chi connectivity index (χ0) is 16.7. The molecule has 3 aliphatic rings. The van der Waals surface area contributed by atoms with Crippen LogP contribution in [0, 0.1) is 0 Å². The first-order valence-corrected chi connectivity index (χ1v) is 7.50. The highest BCUT2D eigenvalue weighted by Crippen LogP contribution is 2.55. The van der Waals surface area contributed by atoms with Crippen LogP contribution in [0.1, 0.15) is 43.7 Å². The Hall–Kier alpha value is -2.18. The Bertz CT molecular complexity index is 694. The number of hydrogen-bond acceptors (Lipinski definition) is 4. The number of aliphatic carboxylic acids is 2. The summed E-state index contributed by atoms with van der Waals surface area (Å²) >= 11 is 0. The van der Waals surface area contributed by atoms with E-state index in [0.29, 0.717) is 6.42 Å². The second-order valence-electron chi connectivity index (χ2n) is 6.09. The molecule has 1 aliphatic carbocycles. The van der Waals surface area contributed by atoms with Gasteiger partial charge in [-0.2, -0.15) is 0 Å². The molecule has 2 unspecified atom stereocenters. The average Bonchev–Trinajstić information content (AvgIpc) is 2.53. The molecule has 6 heteroatoms. The number of hydrogen-bond donors (Lipinski definition) is 2. The van der Waals surface area contributed by atoms with Crippen LogP contribution < -0.4 is 0 Å². The maximum Gasteiger partial charge on any atom is 0.303 e. The van der Waals surface area contributed by atoms with Crippen molar-refractivity contribution in [3.05, 3.63) is 47.0 Å². The second kappa shape index (κ2) is 5.47. The molecule has 0 spiro atoms. The normalized spacial score (nSPS) is 28.1. The third-order valence-corrected chi connectivity index (χ3v) is 4.59. The van der Waals surface area contributed by atoms with Crippen molar-refractivity contribution in [3.8, 4) is 0 Å². The van der Waals surface area contributed by atoms with E-state index in [1.165, 1.54) is 0 Å². The van der Waals surface area contributed by atoms with Gasteiger partial charge in [-0.3, -0.25) is 9.59 Å². The highest BCUT2D eigenvalue weighted by atomic mass is 17.2. The van der Waals surface area contributed by atoms with E-state index in [9.17, 15) is 9.59 Å². The van der Waals surface area contributed by atoms with Crippen LogP contribution in [0.4, 0.5) is 0 Å². The summed E-state index contributed by atoms with van der Waals surface area (Å²) in [5.74, 6) is -1.80. The van der Waals surface area contributed by atoms with Crippen molar-refractivity contribution in [3.63, 3.8) is 0 Å². The molecule has 6 nitrogen and oxygen atoms in total. The summed E-state index contributed by atoms with van der Waals surface area (Å²) in [7, 11) is 0. The summed E-state index contributed by atoms with van der Waals surface area (Å²) < 4.78 is 0. The summed E-state index contributed by atoms with van der Waals surface area (Å²) in [6, 6.07) is 7.58. The van der Waals surface area contributed by atoms with Gasteiger partial charge in [0.05, 0.1) is 0 Å². The standard InChI is InChI=1S/C17H18O6/c1-16-11(6-7-14(18)19)10-17(23-22-16,9-8-15(20)21)13-5-3-2-4-12(13)16/h2-5,10H,6-9H2,1H3,(H,18,19)(H,20,21). The lowest BCUT2D eigenvalue weighted by molar-refractivity contribution is -0.424. The van der Waals surface area contributed by atoms with E-state index >= 15 is 0 Å². The van der Waals surface area contributed by atoms with E-state index in [-0.39, 0.29) is 19.3 Å². The lowest BCUT2D eigenvalue weighted by Gasteiger charge is -2.50. The molecule has 1 aromatic carbocycles. The summed E-state index contributed by atoms with van der Waals surface area (Å²) in [5, 5.41) is 18.0. The fraction of sp³-hybridized carbons (Fsp3) is 0.412. The molecule has 2 bridgehead atoms. The van der Waals surface area contributed by atoms with Crippen LogP contribution in [-0.2, 0) is 30.6 Å². The molecule has 2 heterocycles. The summed E-state index contributed by atoms with van der Waals surface area (Å²) in [6.45, 7) is 1.85. The molecular formula is C17H18O6. The molecule has 0 saturated carbocycles. The quantitative estimate of drug-likeness (QED) is 0.619. The number of carboxylic acids is 2. The van der Waals surface area contributed by atoms with Crippen LogP contribution >= 0.6 is 0 Å². The highest BCUT2D eigenvalue weighted by molar-refractivity contribution is 5.68. The maximum absolute atomic E-state index is 11.0. The van der Waals surface area contributed by atoms with E-state index in [4.69, 9.17) is 20.0 Å². The van der Waals surface area contributed by atoms with Crippen molar-refractivity contribution in [1.29, 1.82) is 0 Å². The van der Waals surface area contributed by atoms with E-state index in [2.05, 4.69) is 0 Å². The zero-order valence-electron chi connectivity index (χ0n) is 12.7. The monoisotopic (exact) mass is 318 g/mol. The topological polar surface area (TPSA) is 93.1 Å². The van der Waals surface area contributed by atoms with Gasteiger partial charge in [0.15, 0.2) is 0 Å². The summed E-state index contributed by atoms with van der Waals surface area (Å²) in [5.41, 5.74) is 0.793. The van der Waals surface area contributed by atoms with E-state index < -0.39 is 23.1 Å². The Morgan fingerprint density at radius 2 is 1.70 bits per heavy atom. The lowest BCUT2D eigenvalue weighted by atomic mass is 9.69. The predicted molar refractivity (Wildman–Crippen MR) is 79.5 cm³/mol. The molecule has 0 amide bonds. The molecule has 0 fully saturated rings. The highest BCUT2D eigenvalue weighted by Gasteiger charge is 2.53. The number of carbonyl (C=O) groups is 2. The van der Waals surface area contributed by atoms with Gasteiger partial charge in [0.25, 0.3) is 0 Å². The Balaban J connectivity index is 2.05. The van der Waals surface area contributed by atoms with Crippen molar-refractivity contribution < 1.29 is 29.6 Å². The molecule has 122 valence electrons. The predicted octanol–water partition coefficient (Wildman–Crippen LogP) is 2.73. The van der Waals surface area contributed by atoms with Gasteiger partial charge in [-0.15, -0.1) is 0 Å². The molecule has 2 atom stereocenters. The summed E-state index contributed by atoms with van der Waals surface area (Å²) in [4.78, 5) is 33.1. The first-order valence-electron chi connectivity index (χ1n) is 7.50. The minimum atomic E-state index is -0.972. The molecule has 1 aromatic rings. The first-order chi connectivity index (χ1) is 10.9. The van der Waals surface area contributed by atoms with Crippen molar-refractivity contribution in [1.82, 2.24) is 0 Å². The molecular weight excluding hydrogens is 300 g/mol. The van der Waals surface area contributed by atoms with Crippen LogP contribution in [-0.4, -0.2) is 22.2 Å². The van der Waals surface area contributed by atoms with Gasteiger partial charge in [0.2, 0.25) is 0 Å². The Morgan fingerprint density at radius 1 is 1.04 bits per heavy atom. The third-order valence-electron chi connectivity index (χ3n) is 4.59. The average molecular weight is 318 g/mol. The van der Waals surface area contributed by atoms with Crippen LogP contribution in [0.3, 0.4) is 0 Å². The van der Waals surface area contributed by atoms with Gasteiger partial charge < -0.3 is 10.2 Å². The summed E-state index contributed by atoms with van der Waals surface area (Å²) in [6.07, 6.45) is 2.33. The molecule has 0 saturated heterocycles. The van der Waals surface area contributed by atoms with Crippen LogP contribution in [0.2, 0.25) is 0 Å². The number of fused-ring (bicyclic) bond motifs is 1. The lowest BCUT2D eigenvalue weighted by Crippen LogP contribution is -2.48. The van der Waals surface area contributed by atoms with Crippen LogP contribution in [0.15, 0.2) is 35.9 Å². The Kier molecular flexibility index (Phi) is 3.74. The van der Waals surface area contributed by atoms with Crippen LogP contribution in [0.5, 0.6) is 0 Å². The SMILES string of the molecule is CC12OOC(CCC(=O)O)(C=C1CCC(=O)O)c1ccccc12. The zero-order valence-corrected chi connectivity index (χ0v) is 12.7.